The van der Waals surface area contributed by atoms with Gasteiger partial charge in [-0.2, -0.15) is 4.31 Å². The number of benzene rings is 1. The van der Waals surface area contributed by atoms with E-state index in [-0.39, 0.29) is 5.38 Å². The Labute approximate surface area is 101 Å². The first-order chi connectivity index (χ1) is 7.60. The lowest BCUT2D eigenvalue weighted by Crippen LogP contribution is -2.38. The van der Waals surface area contributed by atoms with Crippen LogP contribution < -0.4 is 0 Å². The van der Waals surface area contributed by atoms with Gasteiger partial charge in [-0.15, -0.1) is 11.6 Å². The number of piperidine rings is 1. The molecule has 0 amide bonds. The van der Waals surface area contributed by atoms with Crippen LogP contribution in [-0.2, 0) is 10.0 Å². The summed E-state index contributed by atoms with van der Waals surface area (Å²) >= 11 is 5.96. The van der Waals surface area contributed by atoms with Crippen LogP contribution in [0.2, 0.25) is 0 Å². The third kappa shape index (κ3) is 2.39. The van der Waals surface area contributed by atoms with Crippen LogP contribution in [0, 0.1) is 0 Å². The summed E-state index contributed by atoms with van der Waals surface area (Å²) in [5, 5.41) is 0.113. The Morgan fingerprint density at radius 1 is 1.12 bits per heavy atom. The Bertz CT molecular complexity index is 438. The number of halogens is 1. The van der Waals surface area contributed by atoms with Gasteiger partial charge in [-0.05, 0) is 25.0 Å². The van der Waals surface area contributed by atoms with Gasteiger partial charge in [0, 0.05) is 18.5 Å². The van der Waals surface area contributed by atoms with Crippen molar-refractivity contribution in [2.45, 2.75) is 23.1 Å². The molecule has 1 fully saturated rings. The van der Waals surface area contributed by atoms with Gasteiger partial charge in [0.15, 0.2) is 0 Å². The van der Waals surface area contributed by atoms with Crippen molar-refractivity contribution >= 4 is 21.6 Å². The lowest BCUT2D eigenvalue weighted by Gasteiger charge is -2.28. The monoisotopic (exact) mass is 259 g/mol. The molecule has 0 N–H and O–H groups in total. The maximum Gasteiger partial charge on any atom is 0.243 e. The van der Waals surface area contributed by atoms with Crippen LogP contribution in [0.5, 0.6) is 0 Å². The smallest absolute Gasteiger partial charge is 0.207 e. The lowest BCUT2D eigenvalue weighted by atomic mass is 10.2. The van der Waals surface area contributed by atoms with Crippen molar-refractivity contribution in [3.63, 3.8) is 0 Å². The number of nitrogens with zero attached hydrogens (tertiary/aromatic N) is 1. The average molecular weight is 260 g/mol. The molecule has 0 aromatic heterocycles. The van der Waals surface area contributed by atoms with E-state index in [2.05, 4.69) is 0 Å². The Kier molecular flexibility index (Phi) is 3.52. The lowest BCUT2D eigenvalue weighted by molar-refractivity contribution is 0.350. The quantitative estimate of drug-likeness (QED) is 0.763. The highest BCUT2D eigenvalue weighted by Crippen LogP contribution is 2.22. The van der Waals surface area contributed by atoms with Crippen LogP contribution in [0.1, 0.15) is 12.8 Å². The van der Waals surface area contributed by atoms with Gasteiger partial charge in [-0.1, -0.05) is 18.2 Å². The Morgan fingerprint density at radius 2 is 1.69 bits per heavy atom. The molecule has 1 aromatic rings. The second kappa shape index (κ2) is 4.73. The molecule has 2 rings (SSSR count). The normalized spacial score (nSPS) is 19.8. The van der Waals surface area contributed by atoms with Gasteiger partial charge >= 0.3 is 0 Å². The molecule has 0 radical (unpaired) electrons. The van der Waals surface area contributed by atoms with Gasteiger partial charge in [0.1, 0.15) is 0 Å². The summed E-state index contributed by atoms with van der Waals surface area (Å²) in [5.74, 6) is 0. The van der Waals surface area contributed by atoms with Crippen molar-refractivity contribution < 1.29 is 8.42 Å². The molecule has 1 heterocycles. The van der Waals surface area contributed by atoms with Gasteiger partial charge in [-0.25, -0.2) is 8.42 Å². The molecule has 1 aliphatic heterocycles. The van der Waals surface area contributed by atoms with Gasteiger partial charge in [0.2, 0.25) is 10.0 Å². The molecule has 0 atom stereocenters. The Balaban J connectivity index is 2.20. The molecule has 0 aliphatic carbocycles. The van der Waals surface area contributed by atoms with Crippen LogP contribution >= 0.6 is 11.6 Å². The van der Waals surface area contributed by atoms with Crippen molar-refractivity contribution in [3.8, 4) is 0 Å². The number of hydrogen-bond acceptors (Lipinski definition) is 2. The molecule has 1 saturated heterocycles. The standard InChI is InChI=1S/C11H14ClNO2S/c12-10-6-8-13(9-7-10)16(14,15)11-4-2-1-3-5-11/h1-5,10H,6-9H2. The van der Waals surface area contributed by atoms with Crippen molar-refractivity contribution in [3.05, 3.63) is 30.3 Å². The second-order valence-electron chi connectivity index (χ2n) is 3.89. The third-order valence-corrected chi connectivity index (χ3v) is 5.11. The van der Waals surface area contributed by atoms with E-state index in [1.54, 1.807) is 24.3 Å². The zero-order valence-corrected chi connectivity index (χ0v) is 10.4. The van der Waals surface area contributed by atoms with Crippen molar-refractivity contribution in [2.75, 3.05) is 13.1 Å². The minimum absolute atomic E-state index is 0.113. The fraction of sp³-hybridized carbons (Fsp3) is 0.455. The molecule has 88 valence electrons. The zero-order chi connectivity index (χ0) is 11.6. The van der Waals surface area contributed by atoms with E-state index >= 15 is 0 Å². The van der Waals surface area contributed by atoms with E-state index in [0.717, 1.165) is 12.8 Å². The first-order valence-corrected chi connectivity index (χ1v) is 7.17. The maximum atomic E-state index is 12.2. The number of sulfonamides is 1. The highest BCUT2D eigenvalue weighted by molar-refractivity contribution is 7.89. The summed E-state index contributed by atoms with van der Waals surface area (Å²) in [6.45, 7) is 1.04. The molecule has 0 unspecified atom stereocenters. The van der Waals surface area contributed by atoms with Crippen molar-refractivity contribution in [1.82, 2.24) is 4.31 Å². The first kappa shape index (κ1) is 11.9. The largest absolute Gasteiger partial charge is 0.243 e. The van der Waals surface area contributed by atoms with Gasteiger partial charge in [0.25, 0.3) is 0 Å². The van der Waals surface area contributed by atoms with E-state index in [1.807, 2.05) is 6.07 Å². The van der Waals surface area contributed by atoms with E-state index in [9.17, 15) is 8.42 Å². The van der Waals surface area contributed by atoms with Crippen molar-refractivity contribution in [1.29, 1.82) is 0 Å². The summed E-state index contributed by atoms with van der Waals surface area (Å²) in [6.07, 6.45) is 1.46. The predicted molar refractivity (Wildman–Crippen MR) is 64.1 cm³/mol. The number of rotatable bonds is 2. The molecule has 1 aromatic carbocycles. The van der Waals surface area contributed by atoms with E-state index in [0.29, 0.717) is 18.0 Å². The molecule has 3 nitrogen and oxygen atoms in total. The summed E-state index contributed by atoms with van der Waals surface area (Å²) in [7, 11) is -3.31. The van der Waals surface area contributed by atoms with Crippen LogP contribution in [-0.4, -0.2) is 31.2 Å². The highest BCUT2D eigenvalue weighted by atomic mass is 35.5. The van der Waals surface area contributed by atoms with Gasteiger partial charge < -0.3 is 0 Å². The maximum absolute atomic E-state index is 12.2. The molecule has 0 saturated carbocycles. The minimum atomic E-state index is -3.31. The summed E-state index contributed by atoms with van der Waals surface area (Å²) in [4.78, 5) is 0.364. The van der Waals surface area contributed by atoms with Gasteiger partial charge in [-0.3, -0.25) is 0 Å². The topological polar surface area (TPSA) is 37.4 Å². The predicted octanol–water partition coefficient (Wildman–Crippen LogP) is 2.08. The first-order valence-electron chi connectivity index (χ1n) is 5.30. The Hall–Kier alpha value is -0.580. The molecular weight excluding hydrogens is 246 g/mol. The van der Waals surface area contributed by atoms with Crippen LogP contribution in [0.15, 0.2) is 35.2 Å². The van der Waals surface area contributed by atoms with Gasteiger partial charge in [0.05, 0.1) is 4.90 Å². The minimum Gasteiger partial charge on any atom is -0.207 e. The van der Waals surface area contributed by atoms with Crippen LogP contribution in [0.3, 0.4) is 0 Å². The molecule has 5 heteroatoms. The molecule has 16 heavy (non-hydrogen) atoms. The van der Waals surface area contributed by atoms with Crippen LogP contribution in [0.4, 0.5) is 0 Å². The molecule has 0 bridgehead atoms. The fourth-order valence-electron chi connectivity index (χ4n) is 1.81. The average Bonchev–Trinajstić information content (AvgIpc) is 2.31. The number of alkyl halides is 1. The van der Waals surface area contributed by atoms with E-state index < -0.39 is 10.0 Å². The second-order valence-corrected chi connectivity index (χ2v) is 6.45. The van der Waals surface area contributed by atoms with E-state index in [4.69, 9.17) is 11.6 Å². The molecular formula is C11H14ClNO2S. The Morgan fingerprint density at radius 3 is 2.25 bits per heavy atom. The number of hydrogen-bond donors (Lipinski definition) is 0. The third-order valence-electron chi connectivity index (χ3n) is 2.76. The zero-order valence-electron chi connectivity index (χ0n) is 8.84. The van der Waals surface area contributed by atoms with Crippen LogP contribution in [0.25, 0.3) is 0 Å². The highest BCUT2D eigenvalue weighted by Gasteiger charge is 2.28. The molecule has 1 aliphatic rings. The summed E-state index contributed by atoms with van der Waals surface area (Å²) in [5.41, 5.74) is 0. The SMILES string of the molecule is O=S(=O)(c1ccccc1)N1CCC(Cl)CC1. The molecule has 0 spiro atoms. The summed E-state index contributed by atoms with van der Waals surface area (Å²) < 4.78 is 25.9. The van der Waals surface area contributed by atoms with E-state index in [1.165, 1.54) is 4.31 Å². The summed E-state index contributed by atoms with van der Waals surface area (Å²) in [6, 6.07) is 8.54. The van der Waals surface area contributed by atoms with Crippen molar-refractivity contribution in [2.24, 2.45) is 0 Å². The fourth-order valence-corrected chi connectivity index (χ4v) is 3.49.